The van der Waals surface area contributed by atoms with E-state index >= 15 is 0 Å². The number of rotatable bonds is 3. The molecule has 0 bridgehead atoms. The molecule has 0 spiro atoms. The summed E-state index contributed by atoms with van der Waals surface area (Å²) in [5.41, 5.74) is 0.776. The monoisotopic (exact) mass is 445 g/mol. The lowest BCUT2D eigenvalue weighted by molar-refractivity contribution is -0.139. The van der Waals surface area contributed by atoms with Gasteiger partial charge in [0.1, 0.15) is 5.70 Å². The maximum Gasteiger partial charge on any atom is 0.355 e. The summed E-state index contributed by atoms with van der Waals surface area (Å²) in [5, 5.41) is 0.539. The van der Waals surface area contributed by atoms with E-state index in [1.54, 1.807) is 35.4 Å². The highest BCUT2D eigenvalue weighted by atomic mass is 127. The number of carbonyl (C=O) groups is 2. The van der Waals surface area contributed by atoms with Gasteiger partial charge in [0.25, 0.3) is 0 Å². The van der Waals surface area contributed by atoms with Crippen LogP contribution in [0.1, 0.15) is 0 Å². The van der Waals surface area contributed by atoms with E-state index in [1.165, 1.54) is 20.3 Å². The van der Waals surface area contributed by atoms with Gasteiger partial charge in [-0.15, -0.1) is 0 Å². The molecular formula is C16H13ClINO4. The normalized spacial score (nSPS) is 13.8. The molecule has 120 valence electrons. The third-order valence-corrected chi connectivity index (χ3v) is 4.64. The average molecular weight is 446 g/mol. The summed E-state index contributed by atoms with van der Waals surface area (Å²) in [6.07, 6.45) is 6.49. The van der Waals surface area contributed by atoms with Gasteiger partial charge in [-0.05, 0) is 52.9 Å². The lowest BCUT2D eigenvalue weighted by Crippen LogP contribution is -2.26. The van der Waals surface area contributed by atoms with Crippen molar-refractivity contribution in [3.63, 3.8) is 0 Å². The van der Waals surface area contributed by atoms with Crippen LogP contribution in [0.25, 0.3) is 0 Å². The van der Waals surface area contributed by atoms with Crippen molar-refractivity contribution in [2.24, 2.45) is 0 Å². The number of esters is 2. The van der Waals surface area contributed by atoms with E-state index < -0.39 is 11.9 Å². The molecule has 1 heterocycles. The molecule has 0 saturated heterocycles. The summed E-state index contributed by atoms with van der Waals surface area (Å²) >= 11 is 8.27. The first kappa shape index (κ1) is 17.6. The standard InChI is InChI=1S/C16H13ClINO4/c1-22-15(20)11-5-3-4-8-19(14(11)16(21)23-2)10-6-7-13(18)12(17)9-10/h3-9H,1-2H3. The maximum absolute atomic E-state index is 12.3. The van der Waals surface area contributed by atoms with Gasteiger partial charge >= 0.3 is 11.9 Å². The van der Waals surface area contributed by atoms with E-state index in [1.807, 2.05) is 6.07 Å². The third-order valence-electron chi connectivity index (χ3n) is 3.07. The van der Waals surface area contributed by atoms with Crippen molar-refractivity contribution >= 4 is 51.8 Å². The van der Waals surface area contributed by atoms with Crippen LogP contribution in [0.2, 0.25) is 5.02 Å². The van der Waals surface area contributed by atoms with Gasteiger partial charge in [0.15, 0.2) is 0 Å². The van der Waals surface area contributed by atoms with E-state index in [9.17, 15) is 9.59 Å². The first-order chi connectivity index (χ1) is 11.0. The van der Waals surface area contributed by atoms with Crippen molar-refractivity contribution in [3.05, 3.63) is 62.5 Å². The first-order valence-corrected chi connectivity index (χ1v) is 7.95. The Morgan fingerprint density at radius 2 is 1.83 bits per heavy atom. The molecule has 0 saturated carbocycles. The van der Waals surface area contributed by atoms with E-state index in [2.05, 4.69) is 22.6 Å². The van der Waals surface area contributed by atoms with Gasteiger partial charge in [-0.2, -0.15) is 0 Å². The lowest BCUT2D eigenvalue weighted by atomic mass is 10.1. The smallest absolute Gasteiger partial charge is 0.355 e. The van der Waals surface area contributed by atoms with Crippen LogP contribution in [0.15, 0.2) is 53.9 Å². The number of allylic oxidation sites excluding steroid dienone is 2. The Morgan fingerprint density at radius 1 is 1.13 bits per heavy atom. The molecule has 0 radical (unpaired) electrons. The number of hydrogen-bond donors (Lipinski definition) is 0. The van der Waals surface area contributed by atoms with Gasteiger partial charge in [-0.3, -0.25) is 0 Å². The first-order valence-electron chi connectivity index (χ1n) is 6.49. The van der Waals surface area contributed by atoms with E-state index in [4.69, 9.17) is 21.1 Å². The van der Waals surface area contributed by atoms with Gasteiger partial charge in [0.2, 0.25) is 0 Å². The molecule has 5 nitrogen and oxygen atoms in total. The molecule has 1 aliphatic heterocycles. The number of benzene rings is 1. The van der Waals surface area contributed by atoms with Gasteiger partial charge in [-0.1, -0.05) is 17.7 Å². The van der Waals surface area contributed by atoms with Crippen LogP contribution in [0.4, 0.5) is 5.69 Å². The fourth-order valence-corrected chi connectivity index (χ4v) is 2.51. The molecule has 0 amide bonds. The minimum absolute atomic E-state index is 0.0571. The number of ether oxygens (including phenoxy) is 2. The quantitative estimate of drug-likeness (QED) is 0.527. The van der Waals surface area contributed by atoms with Crippen LogP contribution in [0, 0.1) is 3.57 Å². The van der Waals surface area contributed by atoms with E-state index in [0.717, 1.165) is 3.57 Å². The minimum atomic E-state index is -0.656. The third kappa shape index (κ3) is 3.76. The van der Waals surface area contributed by atoms with Crippen molar-refractivity contribution < 1.29 is 19.1 Å². The Kier molecular flexibility index (Phi) is 5.84. The summed E-state index contributed by atoms with van der Waals surface area (Å²) in [5.74, 6) is -1.29. The highest BCUT2D eigenvalue weighted by molar-refractivity contribution is 14.1. The van der Waals surface area contributed by atoms with Gasteiger partial charge < -0.3 is 14.4 Å². The molecule has 2 rings (SSSR count). The lowest BCUT2D eigenvalue weighted by Gasteiger charge is -2.23. The molecule has 23 heavy (non-hydrogen) atoms. The van der Waals surface area contributed by atoms with Gasteiger partial charge in [0, 0.05) is 15.5 Å². The zero-order valence-electron chi connectivity index (χ0n) is 12.4. The highest BCUT2D eigenvalue weighted by Gasteiger charge is 2.27. The van der Waals surface area contributed by atoms with Crippen molar-refractivity contribution in [1.29, 1.82) is 0 Å². The van der Waals surface area contributed by atoms with Crippen LogP contribution in [-0.4, -0.2) is 26.2 Å². The molecule has 7 heteroatoms. The molecule has 0 aliphatic carbocycles. The van der Waals surface area contributed by atoms with Crippen LogP contribution in [0.3, 0.4) is 0 Å². The molecule has 0 unspecified atom stereocenters. The Balaban J connectivity index is 2.65. The number of hydrogen-bond acceptors (Lipinski definition) is 5. The molecule has 0 N–H and O–H groups in total. The molecule has 0 aromatic heterocycles. The zero-order valence-corrected chi connectivity index (χ0v) is 15.3. The summed E-state index contributed by atoms with van der Waals surface area (Å²) in [7, 11) is 2.50. The Bertz CT molecular complexity index is 740. The Labute approximate surface area is 152 Å². The molecule has 1 aromatic carbocycles. The number of halogens is 2. The van der Waals surface area contributed by atoms with Gasteiger partial charge in [-0.25, -0.2) is 9.59 Å². The zero-order chi connectivity index (χ0) is 17.0. The summed E-state index contributed by atoms with van der Waals surface area (Å²) < 4.78 is 10.5. The minimum Gasteiger partial charge on any atom is -0.465 e. The molecular weight excluding hydrogens is 433 g/mol. The Hall–Kier alpha value is -1.80. The Morgan fingerprint density at radius 3 is 2.43 bits per heavy atom. The second-order valence-corrected chi connectivity index (χ2v) is 5.98. The molecule has 0 atom stereocenters. The van der Waals surface area contributed by atoms with E-state index in [-0.39, 0.29) is 11.3 Å². The highest BCUT2D eigenvalue weighted by Crippen LogP contribution is 2.30. The summed E-state index contributed by atoms with van der Waals surface area (Å²) in [6.45, 7) is 0. The van der Waals surface area contributed by atoms with Crippen molar-refractivity contribution in [1.82, 2.24) is 0 Å². The topological polar surface area (TPSA) is 55.8 Å². The SMILES string of the molecule is COC(=O)C1=C(C(=O)OC)N(c2ccc(I)c(Cl)c2)C=CC=C1. The number of nitrogens with zero attached hydrogens (tertiary/aromatic N) is 1. The van der Waals surface area contributed by atoms with Crippen molar-refractivity contribution in [2.45, 2.75) is 0 Å². The van der Waals surface area contributed by atoms with Crippen LogP contribution in [-0.2, 0) is 19.1 Å². The fourth-order valence-electron chi connectivity index (χ4n) is 2.00. The second-order valence-electron chi connectivity index (χ2n) is 4.41. The maximum atomic E-state index is 12.3. The number of carbonyl (C=O) groups excluding carboxylic acids is 2. The largest absolute Gasteiger partial charge is 0.465 e. The van der Waals surface area contributed by atoms with Crippen molar-refractivity contribution in [2.75, 3.05) is 19.1 Å². The predicted molar refractivity (Wildman–Crippen MR) is 96.0 cm³/mol. The molecule has 0 fully saturated rings. The fraction of sp³-hybridized carbons (Fsp3) is 0.125. The van der Waals surface area contributed by atoms with E-state index in [0.29, 0.717) is 10.7 Å². The summed E-state index contributed by atoms with van der Waals surface area (Å²) in [4.78, 5) is 25.8. The predicted octanol–water partition coefficient (Wildman–Crippen LogP) is 3.43. The van der Waals surface area contributed by atoms with Crippen molar-refractivity contribution in [3.8, 4) is 0 Å². The van der Waals surface area contributed by atoms with Gasteiger partial charge in [0.05, 0.1) is 24.8 Å². The van der Waals surface area contributed by atoms with Crippen LogP contribution < -0.4 is 4.90 Å². The number of anilines is 1. The second kappa shape index (κ2) is 7.65. The molecule has 1 aromatic rings. The van der Waals surface area contributed by atoms with Crippen LogP contribution >= 0.6 is 34.2 Å². The molecule has 1 aliphatic rings. The number of methoxy groups -OCH3 is 2. The average Bonchev–Trinajstić information content (AvgIpc) is 2.78. The summed E-state index contributed by atoms with van der Waals surface area (Å²) in [6, 6.07) is 5.31. The van der Waals surface area contributed by atoms with Crippen LogP contribution in [0.5, 0.6) is 0 Å².